The van der Waals surface area contributed by atoms with E-state index in [1.165, 1.54) is 12.8 Å². The minimum absolute atomic E-state index is 0.0352. The highest BCUT2D eigenvalue weighted by Gasteiger charge is 2.74. The van der Waals surface area contributed by atoms with E-state index in [4.69, 9.17) is 9.47 Å². The Bertz CT molecular complexity index is 554. The number of rotatable bonds is 3. The van der Waals surface area contributed by atoms with Crippen LogP contribution in [0.5, 0.6) is 0 Å². The summed E-state index contributed by atoms with van der Waals surface area (Å²) in [5.74, 6) is 1.33. The van der Waals surface area contributed by atoms with Gasteiger partial charge < -0.3 is 9.47 Å². The first-order chi connectivity index (χ1) is 10.9. The lowest BCUT2D eigenvalue weighted by atomic mass is 9.54. The van der Waals surface area contributed by atoms with E-state index in [0.29, 0.717) is 17.9 Å². The maximum atomic E-state index is 13.2. The van der Waals surface area contributed by atoms with Crippen LogP contribution in [0.1, 0.15) is 80.1 Å². The third-order valence-electron chi connectivity index (χ3n) is 6.90. The van der Waals surface area contributed by atoms with E-state index in [9.17, 15) is 4.79 Å². The molecule has 24 heavy (non-hydrogen) atoms. The van der Waals surface area contributed by atoms with Gasteiger partial charge in [-0.15, -0.1) is 0 Å². The summed E-state index contributed by atoms with van der Waals surface area (Å²) in [6.07, 6.45) is 6.91. The molecule has 1 heterocycles. The van der Waals surface area contributed by atoms with Crippen molar-refractivity contribution in [1.82, 2.24) is 0 Å². The Morgan fingerprint density at radius 2 is 1.88 bits per heavy atom. The van der Waals surface area contributed by atoms with Crippen molar-refractivity contribution in [2.75, 3.05) is 0 Å². The number of carbonyl (C=O) groups is 1. The molecule has 1 spiro atoms. The van der Waals surface area contributed by atoms with Crippen molar-refractivity contribution in [3.8, 4) is 0 Å². The molecule has 4 bridgehead atoms. The molecule has 3 nitrogen and oxygen atoms in total. The molecule has 4 aliphatic carbocycles. The van der Waals surface area contributed by atoms with Crippen LogP contribution in [0.2, 0.25) is 0 Å². The van der Waals surface area contributed by atoms with Gasteiger partial charge in [0.2, 0.25) is 0 Å². The average Bonchev–Trinajstić information content (AvgIpc) is 3.06. The molecule has 0 amide bonds. The molecular weight excluding hydrogens is 300 g/mol. The van der Waals surface area contributed by atoms with Crippen LogP contribution in [0.3, 0.4) is 0 Å². The molecule has 6 atom stereocenters. The van der Waals surface area contributed by atoms with E-state index in [-0.39, 0.29) is 33.9 Å². The van der Waals surface area contributed by atoms with Crippen LogP contribution in [0, 0.1) is 28.6 Å². The lowest BCUT2D eigenvalue weighted by Gasteiger charge is -2.53. The van der Waals surface area contributed by atoms with Crippen LogP contribution in [-0.2, 0) is 14.3 Å². The molecular formula is C21H34O3. The maximum absolute atomic E-state index is 13.2. The van der Waals surface area contributed by atoms with Crippen LogP contribution >= 0.6 is 0 Å². The minimum atomic E-state index is -0.225. The van der Waals surface area contributed by atoms with E-state index >= 15 is 0 Å². The molecule has 3 heteroatoms. The fourth-order valence-electron chi connectivity index (χ4n) is 6.13. The van der Waals surface area contributed by atoms with Crippen LogP contribution in [0.15, 0.2) is 0 Å². The van der Waals surface area contributed by atoms with Gasteiger partial charge in [0.25, 0.3) is 0 Å². The first-order valence-electron chi connectivity index (χ1n) is 9.82. The Morgan fingerprint density at radius 3 is 2.46 bits per heavy atom. The van der Waals surface area contributed by atoms with Gasteiger partial charge in [0.05, 0.1) is 17.6 Å². The largest absolute Gasteiger partial charge is 0.459 e. The highest BCUT2D eigenvalue weighted by molar-refractivity contribution is 5.74. The lowest BCUT2D eigenvalue weighted by molar-refractivity contribution is -0.190. The fraction of sp³-hybridized carbons (Fsp3) is 0.952. The number of ether oxygens (including phenoxy) is 2. The number of esters is 1. The SMILES string of the molecule is CC(C)(C)CC(C(=O)OC12CC3CC(C1)C1OC1(C3)C2)C(C)(C)C. The van der Waals surface area contributed by atoms with Crippen LogP contribution < -0.4 is 0 Å². The van der Waals surface area contributed by atoms with Gasteiger partial charge in [-0.05, 0) is 54.8 Å². The van der Waals surface area contributed by atoms with Crippen molar-refractivity contribution in [3.63, 3.8) is 0 Å². The molecule has 0 aromatic carbocycles. The van der Waals surface area contributed by atoms with Crippen molar-refractivity contribution in [3.05, 3.63) is 0 Å². The van der Waals surface area contributed by atoms with Gasteiger partial charge in [-0.25, -0.2) is 0 Å². The Balaban J connectivity index is 1.52. The minimum Gasteiger partial charge on any atom is -0.459 e. The zero-order valence-corrected chi connectivity index (χ0v) is 16.3. The van der Waals surface area contributed by atoms with E-state index in [2.05, 4.69) is 41.5 Å². The molecule has 6 unspecified atom stereocenters. The van der Waals surface area contributed by atoms with Crippen molar-refractivity contribution >= 4 is 5.97 Å². The summed E-state index contributed by atoms with van der Waals surface area (Å²) in [5, 5.41) is 0. The monoisotopic (exact) mass is 334 g/mol. The summed E-state index contributed by atoms with van der Waals surface area (Å²) >= 11 is 0. The molecule has 1 saturated heterocycles. The van der Waals surface area contributed by atoms with Gasteiger partial charge in [0, 0.05) is 6.42 Å². The smallest absolute Gasteiger partial charge is 0.310 e. The molecule has 0 aromatic rings. The topological polar surface area (TPSA) is 38.8 Å². The number of carbonyl (C=O) groups excluding carboxylic acids is 1. The van der Waals surface area contributed by atoms with Crippen molar-refractivity contribution in [2.24, 2.45) is 28.6 Å². The van der Waals surface area contributed by atoms with Gasteiger partial charge in [-0.3, -0.25) is 4.79 Å². The average molecular weight is 335 g/mol. The molecule has 0 radical (unpaired) electrons. The second-order valence-electron chi connectivity index (χ2n) is 11.5. The van der Waals surface area contributed by atoms with Gasteiger partial charge in [-0.2, -0.15) is 0 Å². The molecule has 1 aliphatic heterocycles. The number of epoxide rings is 1. The van der Waals surface area contributed by atoms with Crippen molar-refractivity contribution < 1.29 is 14.3 Å². The molecule has 5 aliphatic rings. The highest BCUT2D eigenvalue weighted by Crippen LogP contribution is 2.68. The quantitative estimate of drug-likeness (QED) is 0.553. The lowest BCUT2D eigenvalue weighted by Crippen LogP contribution is -2.57. The van der Waals surface area contributed by atoms with E-state index < -0.39 is 0 Å². The predicted octanol–water partition coefficient (Wildman–Crippen LogP) is 4.73. The molecule has 5 fully saturated rings. The standard InChI is InChI=1S/C21H34O3/c1-18(2,3)11-15(19(4,5)6)17(22)24-20-8-13-7-14(10-20)16-21(9-13,12-20)23-16/h13-16H,7-12H2,1-6H3. The summed E-state index contributed by atoms with van der Waals surface area (Å²) in [6, 6.07) is 0. The zero-order valence-electron chi connectivity index (χ0n) is 16.3. The van der Waals surface area contributed by atoms with Crippen molar-refractivity contribution in [1.29, 1.82) is 0 Å². The van der Waals surface area contributed by atoms with Gasteiger partial charge >= 0.3 is 5.97 Å². The van der Waals surface area contributed by atoms with Gasteiger partial charge in [-0.1, -0.05) is 41.5 Å². The summed E-state index contributed by atoms with van der Waals surface area (Å²) in [6.45, 7) is 13.2. The summed E-state index contributed by atoms with van der Waals surface area (Å²) < 4.78 is 12.5. The Morgan fingerprint density at radius 1 is 1.17 bits per heavy atom. The third-order valence-corrected chi connectivity index (χ3v) is 6.90. The van der Waals surface area contributed by atoms with Crippen LogP contribution in [0.25, 0.3) is 0 Å². The second kappa shape index (κ2) is 4.78. The summed E-state index contributed by atoms with van der Waals surface area (Å²) in [4.78, 5) is 13.2. The molecule has 0 N–H and O–H groups in total. The Kier molecular flexibility index (Phi) is 3.36. The van der Waals surface area contributed by atoms with Gasteiger partial charge in [0.15, 0.2) is 0 Å². The molecule has 4 saturated carbocycles. The Labute approximate surface area is 146 Å². The fourth-order valence-corrected chi connectivity index (χ4v) is 6.13. The zero-order chi connectivity index (χ0) is 17.5. The Hall–Kier alpha value is -0.570. The first kappa shape index (κ1) is 16.9. The maximum Gasteiger partial charge on any atom is 0.310 e. The summed E-state index contributed by atoms with van der Waals surface area (Å²) in [7, 11) is 0. The van der Waals surface area contributed by atoms with Gasteiger partial charge in [0.1, 0.15) is 5.60 Å². The normalized spacial score (nSPS) is 44.2. The van der Waals surface area contributed by atoms with E-state index in [0.717, 1.165) is 25.7 Å². The third kappa shape index (κ3) is 2.71. The van der Waals surface area contributed by atoms with Crippen molar-refractivity contribution in [2.45, 2.75) is 97.4 Å². The first-order valence-corrected chi connectivity index (χ1v) is 9.82. The molecule has 136 valence electrons. The van der Waals surface area contributed by atoms with E-state index in [1.54, 1.807) is 0 Å². The second-order valence-corrected chi connectivity index (χ2v) is 11.5. The predicted molar refractivity (Wildman–Crippen MR) is 93.5 cm³/mol. The molecule has 0 aromatic heterocycles. The number of hydrogen-bond acceptors (Lipinski definition) is 3. The van der Waals surface area contributed by atoms with Crippen LogP contribution in [-0.4, -0.2) is 23.3 Å². The molecule has 5 rings (SSSR count). The number of hydrogen-bond donors (Lipinski definition) is 0. The van der Waals surface area contributed by atoms with E-state index in [1.807, 2.05) is 0 Å². The summed E-state index contributed by atoms with van der Waals surface area (Å²) in [5.41, 5.74) is -0.0751. The highest BCUT2D eigenvalue weighted by atomic mass is 16.6. The van der Waals surface area contributed by atoms with Crippen LogP contribution in [0.4, 0.5) is 0 Å².